The van der Waals surface area contributed by atoms with Crippen LogP contribution in [0.3, 0.4) is 0 Å². The molecule has 2 aliphatic rings. The van der Waals surface area contributed by atoms with E-state index in [0.717, 1.165) is 78.2 Å². The summed E-state index contributed by atoms with van der Waals surface area (Å²) < 4.78 is 0. The summed E-state index contributed by atoms with van der Waals surface area (Å²) in [4.78, 5) is 18.0. The Labute approximate surface area is 284 Å². The standard InChI is InChI=1S/C42H38N4Si2/c1-47(2,3)27-25-31-33-17-21-37(43-33)41(29-13-9-7-10-14-29)39-23-19-35(45-39)32(26-28-48(4,5)6)36-20-24-40(46-36)42(30-15-11-8-12-16-30)38-22-18-34(31)44-38/h7-24,43,46H,1-6H3. The van der Waals surface area contributed by atoms with Crippen molar-refractivity contribution in [3.63, 3.8) is 0 Å². The van der Waals surface area contributed by atoms with Crippen molar-refractivity contribution in [3.05, 3.63) is 119 Å². The van der Waals surface area contributed by atoms with Gasteiger partial charge in [0.05, 0.1) is 44.9 Å². The summed E-state index contributed by atoms with van der Waals surface area (Å²) in [6.45, 7) is 13.6. The predicted molar refractivity (Wildman–Crippen MR) is 210 cm³/mol. The van der Waals surface area contributed by atoms with Crippen LogP contribution in [0.2, 0.25) is 39.3 Å². The Morgan fingerprint density at radius 2 is 0.792 bits per heavy atom. The van der Waals surface area contributed by atoms with Crippen molar-refractivity contribution >= 4 is 62.5 Å². The highest BCUT2D eigenvalue weighted by Crippen LogP contribution is 2.34. The number of nitrogens with one attached hydrogen (secondary N) is 2. The maximum atomic E-state index is 5.27. The first-order chi connectivity index (χ1) is 23.0. The molecule has 5 heterocycles. The van der Waals surface area contributed by atoms with Crippen LogP contribution in [0.5, 0.6) is 0 Å². The van der Waals surface area contributed by atoms with E-state index in [9.17, 15) is 0 Å². The van der Waals surface area contributed by atoms with Crippen LogP contribution in [0.4, 0.5) is 0 Å². The lowest BCUT2D eigenvalue weighted by molar-refractivity contribution is 1.30. The summed E-state index contributed by atoms with van der Waals surface area (Å²) in [5, 5.41) is 0. The molecule has 234 valence electrons. The molecule has 2 N–H and O–H groups in total. The lowest BCUT2D eigenvalue weighted by Gasteiger charge is -2.05. The lowest BCUT2D eigenvalue weighted by Crippen LogP contribution is -2.16. The minimum atomic E-state index is -1.69. The fraction of sp³-hybridized carbons (Fsp3) is 0.143. The van der Waals surface area contributed by atoms with Crippen LogP contribution >= 0.6 is 0 Å². The molecule has 0 fully saturated rings. The number of hydrogen-bond donors (Lipinski definition) is 2. The maximum absolute atomic E-state index is 5.27. The van der Waals surface area contributed by atoms with E-state index in [1.165, 1.54) is 0 Å². The van der Waals surface area contributed by atoms with E-state index in [-0.39, 0.29) is 0 Å². The molecule has 8 bridgehead atoms. The van der Waals surface area contributed by atoms with Crippen molar-refractivity contribution in [1.82, 2.24) is 19.9 Å². The van der Waals surface area contributed by atoms with Crippen molar-refractivity contribution in [3.8, 4) is 45.2 Å². The molecule has 2 aromatic carbocycles. The van der Waals surface area contributed by atoms with Gasteiger partial charge >= 0.3 is 0 Å². The topological polar surface area (TPSA) is 57.4 Å². The predicted octanol–water partition coefficient (Wildman–Crippen LogP) is 10.4. The fourth-order valence-corrected chi connectivity index (χ4v) is 6.79. The Bertz CT molecular complexity index is 2240. The molecule has 2 aliphatic heterocycles. The molecule has 0 saturated carbocycles. The summed E-state index contributed by atoms with van der Waals surface area (Å²) in [7, 11) is -3.39. The van der Waals surface area contributed by atoms with Gasteiger partial charge in [-0.05, 0) is 59.7 Å². The number of aromatic nitrogens is 4. The summed E-state index contributed by atoms with van der Waals surface area (Å²) >= 11 is 0. The molecule has 0 atom stereocenters. The Kier molecular flexibility index (Phi) is 8.01. The van der Waals surface area contributed by atoms with E-state index in [1.807, 2.05) is 12.1 Å². The number of hydrogen-bond acceptors (Lipinski definition) is 2. The van der Waals surface area contributed by atoms with Crippen LogP contribution in [0.15, 0.2) is 84.9 Å². The third-order valence-corrected chi connectivity index (χ3v) is 9.75. The van der Waals surface area contributed by atoms with Gasteiger partial charge in [0, 0.05) is 22.2 Å². The van der Waals surface area contributed by atoms with E-state index in [0.29, 0.717) is 0 Å². The molecule has 48 heavy (non-hydrogen) atoms. The smallest absolute Gasteiger partial charge is 0.129 e. The van der Waals surface area contributed by atoms with Crippen LogP contribution in [-0.4, -0.2) is 36.1 Å². The van der Waals surface area contributed by atoms with E-state index >= 15 is 0 Å². The van der Waals surface area contributed by atoms with Gasteiger partial charge in [0.1, 0.15) is 16.1 Å². The van der Waals surface area contributed by atoms with Gasteiger partial charge in [-0.25, -0.2) is 9.97 Å². The normalized spacial score (nSPS) is 12.3. The zero-order valence-electron chi connectivity index (χ0n) is 28.3. The molecule has 7 rings (SSSR count). The number of rotatable bonds is 2. The molecule has 0 aliphatic carbocycles. The minimum absolute atomic E-state index is 0.847. The molecule has 0 radical (unpaired) electrons. The molecule has 3 aromatic heterocycles. The first-order valence-corrected chi connectivity index (χ1v) is 23.4. The van der Waals surface area contributed by atoms with Crippen molar-refractivity contribution in [2.45, 2.75) is 39.3 Å². The highest BCUT2D eigenvalue weighted by molar-refractivity contribution is 6.84. The molecule has 6 heteroatoms. The van der Waals surface area contributed by atoms with Crippen LogP contribution < -0.4 is 0 Å². The lowest BCUT2D eigenvalue weighted by atomic mass is 10.0. The Balaban J connectivity index is 1.68. The molecular weight excluding hydrogens is 617 g/mol. The second-order valence-corrected chi connectivity index (χ2v) is 23.7. The first-order valence-electron chi connectivity index (χ1n) is 16.4. The Morgan fingerprint density at radius 1 is 0.438 bits per heavy atom. The highest BCUT2D eigenvalue weighted by atomic mass is 28.3. The van der Waals surface area contributed by atoms with Crippen molar-refractivity contribution in [2.75, 3.05) is 0 Å². The van der Waals surface area contributed by atoms with Gasteiger partial charge in [0.25, 0.3) is 0 Å². The summed E-state index contributed by atoms with van der Waals surface area (Å²) in [6, 6.07) is 29.4. The summed E-state index contributed by atoms with van der Waals surface area (Å²) in [6.07, 6.45) is 8.41. The van der Waals surface area contributed by atoms with E-state index in [1.54, 1.807) is 0 Å². The van der Waals surface area contributed by atoms with E-state index < -0.39 is 16.1 Å². The Hall–Kier alpha value is -5.41. The zero-order chi connectivity index (χ0) is 33.5. The minimum Gasteiger partial charge on any atom is -0.354 e. The molecule has 0 amide bonds. The first kappa shape index (κ1) is 31.2. The van der Waals surface area contributed by atoms with E-state index in [4.69, 9.17) is 9.97 Å². The number of benzene rings is 2. The van der Waals surface area contributed by atoms with Crippen LogP contribution in [-0.2, 0) is 0 Å². The zero-order valence-corrected chi connectivity index (χ0v) is 30.3. The number of fused-ring (bicyclic) bond motifs is 8. The molecule has 0 unspecified atom stereocenters. The van der Waals surface area contributed by atoms with Crippen molar-refractivity contribution < 1.29 is 0 Å². The maximum Gasteiger partial charge on any atom is 0.129 e. The quantitative estimate of drug-likeness (QED) is 0.144. The second-order valence-electron chi connectivity index (χ2n) is 14.2. The summed E-state index contributed by atoms with van der Waals surface area (Å²) in [5.74, 6) is 7.15. The monoisotopic (exact) mass is 654 g/mol. The summed E-state index contributed by atoms with van der Waals surface area (Å²) in [5.41, 5.74) is 20.5. The number of H-pyrrole nitrogens is 2. The van der Waals surface area contributed by atoms with Gasteiger partial charge in [-0.3, -0.25) is 0 Å². The van der Waals surface area contributed by atoms with Crippen molar-refractivity contribution in [1.29, 1.82) is 0 Å². The fourth-order valence-electron chi connectivity index (χ4n) is 5.79. The third kappa shape index (κ3) is 6.55. The third-order valence-electron chi connectivity index (χ3n) is 8.00. The van der Waals surface area contributed by atoms with Crippen LogP contribution in [0.1, 0.15) is 33.9 Å². The molecular formula is C42H38N4Si2. The Morgan fingerprint density at radius 3 is 1.17 bits per heavy atom. The highest BCUT2D eigenvalue weighted by Gasteiger charge is 2.18. The van der Waals surface area contributed by atoms with Gasteiger partial charge in [0.15, 0.2) is 0 Å². The largest absolute Gasteiger partial charge is 0.354 e. The van der Waals surface area contributed by atoms with Crippen LogP contribution in [0, 0.1) is 22.9 Å². The molecule has 0 saturated heterocycles. The SMILES string of the molecule is C[Si](C)(C)C#Cc1c2nc(c(-c3ccccc3)c3ccc([nH]3)c(C#C[Si](C)(C)C)c3nc(c(-c4ccccc4)c4ccc1[nH]4)C=C3)C=C2. The van der Waals surface area contributed by atoms with E-state index in [2.05, 4.69) is 169 Å². The average Bonchev–Trinajstić information content (AvgIpc) is 3.88. The molecule has 0 spiro atoms. The van der Waals surface area contributed by atoms with Crippen molar-refractivity contribution in [2.24, 2.45) is 0 Å². The van der Waals surface area contributed by atoms with Gasteiger partial charge in [0.2, 0.25) is 0 Å². The number of aromatic amines is 2. The van der Waals surface area contributed by atoms with Gasteiger partial charge in [-0.15, -0.1) is 11.1 Å². The van der Waals surface area contributed by atoms with Gasteiger partial charge in [-0.1, -0.05) is 112 Å². The molecule has 4 nitrogen and oxygen atoms in total. The van der Waals surface area contributed by atoms with Crippen LogP contribution in [0.25, 0.3) is 68.6 Å². The molecule has 5 aromatic rings. The number of nitrogens with zero attached hydrogens (tertiary/aromatic N) is 2. The van der Waals surface area contributed by atoms with Gasteiger partial charge in [-0.2, -0.15) is 0 Å². The average molecular weight is 655 g/mol. The second kappa shape index (κ2) is 12.3. The van der Waals surface area contributed by atoms with Gasteiger partial charge < -0.3 is 9.97 Å².